The van der Waals surface area contributed by atoms with Gasteiger partial charge in [0.2, 0.25) is 21.1 Å². The predicted molar refractivity (Wildman–Crippen MR) is 88.9 cm³/mol. The molecule has 0 saturated carbocycles. The van der Waals surface area contributed by atoms with E-state index in [-0.39, 0.29) is 10.8 Å². The Labute approximate surface area is 141 Å². The number of aromatic nitrogens is 2. The monoisotopic (exact) mass is 376 g/mol. The van der Waals surface area contributed by atoms with Crippen molar-refractivity contribution in [3.63, 3.8) is 0 Å². The summed E-state index contributed by atoms with van der Waals surface area (Å²) in [6, 6.07) is 5.34. The van der Waals surface area contributed by atoms with Crippen molar-refractivity contribution < 1.29 is 17.6 Å². The molecule has 23 heavy (non-hydrogen) atoms. The molecule has 7 nitrogen and oxygen atoms in total. The number of thioether (sulfide) groups is 1. The summed E-state index contributed by atoms with van der Waals surface area (Å²) in [5, 5.41) is 10.3. The quantitative estimate of drug-likeness (QED) is 0.611. The molecule has 11 heteroatoms. The van der Waals surface area contributed by atoms with Crippen molar-refractivity contribution in [3.8, 4) is 0 Å². The van der Waals surface area contributed by atoms with Gasteiger partial charge in [-0.1, -0.05) is 35.2 Å². The van der Waals surface area contributed by atoms with E-state index in [2.05, 4.69) is 15.5 Å². The zero-order valence-corrected chi connectivity index (χ0v) is 14.6. The highest BCUT2D eigenvalue weighted by atomic mass is 32.2. The van der Waals surface area contributed by atoms with Crippen LogP contribution >= 0.6 is 23.1 Å². The molecule has 1 aromatic carbocycles. The molecule has 2 aromatic rings. The lowest BCUT2D eigenvalue weighted by Crippen LogP contribution is -2.38. The smallest absolute Gasteiger partial charge is 0.246 e. The van der Waals surface area contributed by atoms with Crippen molar-refractivity contribution in [2.45, 2.75) is 4.34 Å². The van der Waals surface area contributed by atoms with Gasteiger partial charge in [-0.3, -0.25) is 14.4 Å². The van der Waals surface area contributed by atoms with Crippen LogP contribution < -0.4 is 9.62 Å². The second-order valence-electron chi connectivity index (χ2n) is 4.35. The number of nitrogens with zero attached hydrogens (tertiary/aromatic N) is 3. The number of hydrogen-bond donors (Lipinski definition) is 1. The maximum absolute atomic E-state index is 13.8. The summed E-state index contributed by atoms with van der Waals surface area (Å²) in [6.07, 6.45) is 2.72. The average molecular weight is 376 g/mol. The molecule has 1 amide bonds. The molecular formula is C12H13FN4O3S3. The van der Waals surface area contributed by atoms with Crippen LogP contribution in [0.25, 0.3) is 0 Å². The number of amides is 1. The van der Waals surface area contributed by atoms with Gasteiger partial charge >= 0.3 is 0 Å². The molecule has 2 rings (SSSR count). The number of carbonyl (C=O) groups is 1. The molecule has 1 heterocycles. The summed E-state index contributed by atoms with van der Waals surface area (Å²) in [5.41, 5.74) is -0.188. The number of carbonyl (C=O) groups excluding carboxylic acids is 1. The van der Waals surface area contributed by atoms with Crippen LogP contribution in [0.4, 0.5) is 15.2 Å². The molecule has 0 bridgehead atoms. The second-order valence-corrected chi connectivity index (χ2v) is 8.28. The van der Waals surface area contributed by atoms with Gasteiger partial charge in [0.25, 0.3) is 0 Å². The largest absolute Gasteiger partial charge is 0.299 e. The number of para-hydroxylation sites is 1. The van der Waals surface area contributed by atoms with E-state index < -0.39 is 28.3 Å². The van der Waals surface area contributed by atoms with Gasteiger partial charge in [0.05, 0.1) is 11.9 Å². The van der Waals surface area contributed by atoms with Crippen LogP contribution in [0.2, 0.25) is 0 Å². The first-order chi connectivity index (χ1) is 10.8. The van der Waals surface area contributed by atoms with Gasteiger partial charge in [-0.2, -0.15) is 0 Å². The van der Waals surface area contributed by atoms with E-state index >= 15 is 0 Å². The van der Waals surface area contributed by atoms with Gasteiger partial charge in [-0.15, -0.1) is 10.2 Å². The molecule has 0 fully saturated rings. The number of sulfonamides is 1. The first-order valence-corrected chi connectivity index (χ1v) is 10.1. The van der Waals surface area contributed by atoms with Gasteiger partial charge in [0.1, 0.15) is 12.4 Å². The minimum Gasteiger partial charge on any atom is -0.299 e. The Morgan fingerprint density at radius 3 is 2.65 bits per heavy atom. The lowest BCUT2D eigenvalue weighted by atomic mass is 10.3. The number of anilines is 2. The third-order valence-electron chi connectivity index (χ3n) is 2.64. The van der Waals surface area contributed by atoms with Crippen molar-refractivity contribution in [2.75, 3.05) is 28.7 Å². The van der Waals surface area contributed by atoms with E-state index in [1.165, 1.54) is 30.0 Å². The second kappa shape index (κ2) is 7.23. The van der Waals surface area contributed by atoms with Crippen LogP contribution in [-0.2, 0) is 14.8 Å². The highest BCUT2D eigenvalue weighted by Gasteiger charge is 2.23. The van der Waals surface area contributed by atoms with Crippen LogP contribution in [0.3, 0.4) is 0 Å². The Balaban J connectivity index is 2.18. The summed E-state index contributed by atoms with van der Waals surface area (Å²) in [4.78, 5) is 12.0. The van der Waals surface area contributed by atoms with Crippen LogP contribution in [0.15, 0.2) is 28.6 Å². The molecule has 0 saturated heterocycles. The third kappa shape index (κ3) is 4.62. The number of halogens is 1. The highest BCUT2D eigenvalue weighted by molar-refractivity contribution is 8.00. The maximum Gasteiger partial charge on any atom is 0.246 e. The van der Waals surface area contributed by atoms with Gasteiger partial charge in [-0.05, 0) is 18.4 Å². The fraction of sp³-hybridized carbons (Fsp3) is 0.250. The van der Waals surface area contributed by atoms with Gasteiger partial charge in [0.15, 0.2) is 4.34 Å². The first kappa shape index (κ1) is 17.6. The zero-order valence-electron chi connectivity index (χ0n) is 12.2. The zero-order chi connectivity index (χ0) is 17.0. The lowest BCUT2D eigenvalue weighted by molar-refractivity contribution is -0.114. The Kier molecular flexibility index (Phi) is 5.55. The Morgan fingerprint density at radius 2 is 2.09 bits per heavy atom. The van der Waals surface area contributed by atoms with E-state index in [0.29, 0.717) is 8.64 Å². The third-order valence-corrected chi connectivity index (χ3v) is 5.58. The van der Waals surface area contributed by atoms with Crippen molar-refractivity contribution >= 4 is 49.8 Å². The normalized spacial score (nSPS) is 11.3. The molecule has 0 aliphatic heterocycles. The summed E-state index contributed by atoms with van der Waals surface area (Å²) in [5.74, 6) is -1.37. The van der Waals surface area contributed by atoms with Crippen LogP contribution in [0.1, 0.15) is 0 Å². The minimum absolute atomic E-state index is 0.188. The standard InChI is InChI=1S/C12H13FN4O3S3/c1-21-12-16-15-11(22-12)14-10(18)7-17(23(2,19)20)9-6-4-3-5-8(9)13/h3-6H,7H2,1-2H3,(H,14,15,18). The Bertz CT molecular complexity index is 809. The molecule has 0 radical (unpaired) electrons. The van der Waals surface area contributed by atoms with Crippen molar-refractivity contribution in [1.29, 1.82) is 0 Å². The maximum atomic E-state index is 13.8. The van der Waals surface area contributed by atoms with E-state index in [9.17, 15) is 17.6 Å². The first-order valence-electron chi connectivity index (χ1n) is 6.21. The summed E-state index contributed by atoms with van der Waals surface area (Å²) < 4.78 is 38.9. The fourth-order valence-electron chi connectivity index (χ4n) is 1.67. The van der Waals surface area contributed by atoms with Crippen molar-refractivity contribution in [3.05, 3.63) is 30.1 Å². The Morgan fingerprint density at radius 1 is 1.39 bits per heavy atom. The van der Waals surface area contributed by atoms with Gasteiger partial charge < -0.3 is 0 Å². The highest BCUT2D eigenvalue weighted by Crippen LogP contribution is 2.24. The van der Waals surface area contributed by atoms with Crippen LogP contribution in [-0.4, -0.2) is 43.6 Å². The van der Waals surface area contributed by atoms with Crippen molar-refractivity contribution in [1.82, 2.24) is 10.2 Å². The van der Waals surface area contributed by atoms with Crippen LogP contribution in [0.5, 0.6) is 0 Å². The summed E-state index contributed by atoms with van der Waals surface area (Å²) in [6.45, 7) is -0.562. The van der Waals surface area contributed by atoms with E-state index in [0.717, 1.165) is 23.7 Å². The number of nitrogens with one attached hydrogen (secondary N) is 1. The predicted octanol–water partition coefficient (Wildman–Crippen LogP) is 1.80. The minimum atomic E-state index is -3.83. The van der Waals surface area contributed by atoms with E-state index in [1.54, 1.807) is 0 Å². The number of hydrogen-bond acceptors (Lipinski definition) is 7. The molecule has 0 aliphatic rings. The fourth-order valence-corrected chi connectivity index (χ4v) is 3.71. The summed E-state index contributed by atoms with van der Waals surface area (Å²) in [7, 11) is -3.83. The van der Waals surface area contributed by atoms with Gasteiger partial charge in [-0.25, -0.2) is 12.8 Å². The topological polar surface area (TPSA) is 92.3 Å². The lowest BCUT2D eigenvalue weighted by Gasteiger charge is -2.21. The average Bonchev–Trinajstić information content (AvgIpc) is 2.92. The molecule has 0 aliphatic carbocycles. The number of benzene rings is 1. The van der Waals surface area contributed by atoms with E-state index in [1.807, 2.05) is 6.26 Å². The van der Waals surface area contributed by atoms with Crippen molar-refractivity contribution in [2.24, 2.45) is 0 Å². The SMILES string of the molecule is CSc1nnc(NC(=O)CN(c2ccccc2F)S(C)(=O)=O)s1. The van der Waals surface area contributed by atoms with Gasteiger partial charge in [0, 0.05) is 0 Å². The molecule has 1 aromatic heterocycles. The number of rotatable bonds is 6. The Hall–Kier alpha value is -1.72. The molecule has 124 valence electrons. The molecule has 0 unspecified atom stereocenters. The summed E-state index contributed by atoms with van der Waals surface area (Å²) >= 11 is 2.53. The molecule has 1 N–H and O–H groups in total. The van der Waals surface area contributed by atoms with E-state index in [4.69, 9.17) is 0 Å². The molecule has 0 spiro atoms. The van der Waals surface area contributed by atoms with Crippen LogP contribution in [0, 0.1) is 5.82 Å². The molecular weight excluding hydrogens is 363 g/mol. The molecule has 0 atom stereocenters.